The van der Waals surface area contributed by atoms with Crippen molar-refractivity contribution >= 4 is 29.0 Å². The minimum atomic E-state index is -0.873. The van der Waals surface area contributed by atoms with Crippen molar-refractivity contribution < 1.29 is 18.4 Å². The van der Waals surface area contributed by atoms with E-state index < -0.39 is 17.7 Å². The maximum Gasteiger partial charge on any atom is 0.323 e. The Morgan fingerprint density at radius 2 is 1.74 bits per heavy atom. The standard InChI is InChI=1S/C23H28F2N4O2/c1-14(2)26-22(30)18-13-17(5-7-21(18)29-10-8-15(3)9-11-29)27-23(31)28-20-6-4-16(24)12-19(20)25/h4-7,12-15H,8-11H2,1-3H3,(H,26,30)(H2,27,28,31). The number of nitrogens with zero attached hydrogens (tertiary/aromatic N) is 1. The van der Waals surface area contributed by atoms with Crippen LogP contribution in [0.3, 0.4) is 0 Å². The monoisotopic (exact) mass is 430 g/mol. The Bertz CT molecular complexity index is 957. The third kappa shape index (κ3) is 5.93. The Labute approximate surface area is 181 Å². The van der Waals surface area contributed by atoms with Gasteiger partial charge in [-0.25, -0.2) is 13.6 Å². The van der Waals surface area contributed by atoms with Crippen molar-refractivity contribution in [2.75, 3.05) is 28.6 Å². The average Bonchev–Trinajstić information content (AvgIpc) is 2.70. The van der Waals surface area contributed by atoms with E-state index in [4.69, 9.17) is 0 Å². The molecule has 0 bridgehead atoms. The molecule has 0 unspecified atom stereocenters. The van der Waals surface area contributed by atoms with Crippen molar-refractivity contribution in [2.45, 2.75) is 39.7 Å². The van der Waals surface area contributed by atoms with Crippen molar-refractivity contribution in [1.29, 1.82) is 0 Å². The third-order valence-electron chi connectivity index (χ3n) is 5.22. The average molecular weight is 430 g/mol. The number of benzene rings is 2. The second-order valence-electron chi connectivity index (χ2n) is 8.23. The van der Waals surface area contributed by atoms with Crippen molar-refractivity contribution in [3.63, 3.8) is 0 Å². The van der Waals surface area contributed by atoms with Crippen LogP contribution >= 0.6 is 0 Å². The molecular formula is C23H28F2N4O2. The van der Waals surface area contributed by atoms with Gasteiger partial charge in [-0.3, -0.25) is 4.79 Å². The van der Waals surface area contributed by atoms with E-state index in [2.05, 4.69) is 27.8 Å². The fourth-order valence-corrected chi connectivity index (χ4v) is 3.54. The molecule has 1 heterocycles. The van der Waals surface area contributed by atoms with Crippen LogP contribution in [-0.2, 0) is 0 Å². The van der Waals surface area contributed by atoms with E-state index in [1.807, 2.05) is 19.9 Å². The molecule has 1 aliphatic heterocycles. The Kier molecular flexibility index (Phi) is 7.09. The third-order valence-corrected chi connectivity index (χ3v) is 5.22. The highest BCUT2D eigenvalue weighted by atomic mass is 19.1. The van der Waals surface area contributed by atoms with Gasteiger partial charge in [0.05, 0.1) is 11.3 Å². The Balaban J connectivity index is 1.80. The van der Waals surface area contributed by atoms with Gasteiger partial charge in [0.1, 0.15) is 11.6 Å². The molecule has 0 spiro atoms. The molecule has 3 rings (SSSR count). The van der Waals surface area contributed by atoms with Gasteiger partial charge in [-0.1, -0.05) is 6.92 Å². The maximum atomic E-state index is 13.8. The summed E-state index contributed by atoms with van der Waals surface area (Å²) in [5.74, 6) is -1.17. The first-order valence-electron chi connectivity index (χ1n) is 10.5. The number of rotatable bonds is 5. The largest absolute Gasteiger partial charge is 0.371 e. The van der Waals surface area contributed by atoms with E-state index in [-0.39, 0.29) is 17.6 Å². The number of halogens is 2. The van der Waals surface area contributed by atoms with Gasteiger partial charge in [0, 0.05) is 36.6 Å². The fraction of sp³-hybridized carbons (Fsp3) is 0.391. The summed E-state index contributed by atoms with van der Waals surface area (Å²) in [4.78, 5) is 27.3. The summed E-state index contributed by atoms with van der Waals surface area (Å²) in [5.41, 5.74) is 1.54. The summed E-state index contributed by atoms with van der Waals surface area (Å²) >= 11 is 0. The Morgan fingerprint density at radius 1 is 1.03 bits per heavy atom. The van der Waals surface area contributed by atoms with Crippen molar-refractivity contribution in [3.05, 3.63) is 53.6 Å². The van der Waals surface area contributed by atoms with E-state index in [1.165, 1.54) is 0 Å². The van der Waals surface area contributed by atoms with Crippen molar-refractivity contribution in [2.24, 2.45) is 5.92 Å². The van der Waals surface area contributed by atoms with Crippen LogP contribution in [0.5, 0.6) is 0 Å². The number of piperidine rings is 1. The summed E-state index contributed by atoms with van der Waals surface area (Å²) < 4.78 is 26.8. The number of urea groups is 1. The lowest BCUT2D eigenvalue weighted by Crippen LogP contribution is -2.36. The number of amides is 3. The summed E-state index contributed by atoms with van der Waals surface area (Å²) in [6.07, 6.45) is 2.10. The maximum absolute atomic E-state index is 13.8. The quantitative estimate of drug-likeness (QED) is 0.626. The van der Waals surface area contributed by atoms with Crippen LogP contribution in [0.15, 0.2) is 36.4 Å². The van der Waals surface area contributed by atoms with Gasteiger partial charge in [0.2, 0.25) is 0 Å². The molecule has 0 atom stereocenters. The highest BCUT2D eigenvalue weighted by molar-refractivity contribution is 6.04. The zero-order chi connectivity index (χ0) is 22.5. The molecule has 3 amide bonds. The molecule has 0 aliphatic carbocycles. The Morgan fingerprint density at radius 3 is 2.39 bits per heavy atom. The van der Waals surface area contributed by atoms with Gasteiger partial charge >= 0.3 is 6.03 Å². The van der Waals surface area contributed by atoms with Crippen LogP contribution in [-0.4, -0.2) is 31.1 Å². The molecule has 1 aliphatic rings. The normalized spacial score (nSPS) is 14.5. The van der Waals surface area contributed by atoms with Crippen molar-refractivity contribution in [1.82, 2.24) is 5.32 Å². The topological polar surface area (TPSA) is 73.5 Å². The molecule has 3 N–H and O–H groups in total. The van der Waals surface area contributed by atoms with Crippen LogP contribution in [0, 0.1) is 17.6 Å². The van der Waals surface area contributed by atoms with Gasteiger partial charge in [0.25, 0.3) is 5.91 Å². The number of carbonyl (C=O) groups excluding carboxylic acids is 2. The second kappa shape index (κ2) is 9.76. The lowest BCUT2D eigenvalue weighted by molar-refractivity contribution is 0.0943. The van der Waals surface area contributed by atoms with E-state index in [9.17, 15) is 18.4 Å². The zero-order valence-electron chi connectivity index (χ0n) is 18.0. The molecule has 6 nitrogen and oxygen atoms in total. The molecule has 2 aromatic rings. The molecule has 1 fully saturated rings. The van der Waals surface area contributed by atoms with Gasteiger partial charge < -0.3 is 20.9 Å². The SMILES string of the molecule is CC1CCN(c2ccc(NC(=O)Nc3ccc(F)cc3F)cc2C(=O)NC(C)C)CC1. The molecule has 2 aromatic carbocycles. The summed E-state index contributed by atoms with van der Waals surface area (Å²) in [5, 5.41) is 7.86. The molecule has 0 saturated carbocycles. The van der Waals surface area contributed by atoms with Crippen LogP contribution in [0.25, 0.3) is 0 Å². The molecule has 0 aromatic heterocycles. The molecule has 0 radical (unpaired) electrons. The first-order chi connectivity index (χ1) is 14.7. The first-order valence-corrected chi connectivity index (χ1v) is 10.5. The van der Waals surface area contributed by atoms with Crippen LogP contribution < -0.4 is 20.9 Å². The summed E-state index contributed by atoms with van der Waals surface area (Å²) in [6.45, 7) is 7.71. The van der Waals surface area contributed by atoms with Gasteiger partial charge in [-0.15, -0.1) is 0 Å². The number of nitrogens with one attached hydrogen (secondary N) is 3. The minimum absolute atomic E-state index is 0.0388. The minimum Gasteiger partial charge on any atom is -0.371 e. The molecule has 8 heteroatoms. The number of carbonyl (C=O) groups is 2. The van der Waals surface area contributed by atoms with Crippen LogP contribution in [0.1, 0.15) is 44.0 Å². The zero-order valence-corrected chi connectivity index (χ0v) is 18.0. The highest BCUT2D eigenvalue weighted by Gasteiger charge is 2.22. The van der Waals surface area contributed by atoms with Gasteiger partial charge in [0.15, 0.2) is 0 Å². The van der Waals surface area contributed by atoms with E-state index in [1.54, 1.807) is 12.1 Å². The lowest BCUT2D eigenvalue weighted by Gasteiger charge is -2.33. The summed E-state index contributed by atoms with van der Waals surface area (Å²) in [6, 6.07) is 7.31. The Hall–Kier alpha value is -3.16. The lowest BCUT2D eigenvalue weighted by atomic mass is 9.97. The van der Waals surface area contributed by atoms with Crippen LogP contribution in [0.2, 0.25) is 0 Å². The fourth-order valence-electron chi connectivity index (χ4n) is 3.54. The predicted octanol–water partition coefficient (Wildman–Crippen LogP) is 4.98. The number of hydrogen-bond donors (Lipinski definition) is 3. The van der Waals surface area contributed by atoms with Gasteiger partial charge in [-0.05, 0) is 62.9 Å². The second-order valence-corrected chi connectivity index (χ2v) is 8.23. The molecular weight excluding hydrogens is 402 g/mol. The van der Waals surface area contributed by atoms with E-state index in [0.29, 0.717) is 23.2 Å². The molecule has 1 saturated heterocycles. The number of hydrogen-bond acceptors (Lipinski definition) is 3. The smallest absolute Gasteiger partial charge is 0.323 e. The molecule has 166 valence electrons. The highest BCUT2D eigenvalue weighted by Crippen LogP contribution is 2.29. The van der Waals surface area contributed by atoms with Gasteiger partial charge in [-0.2, -0.15) is 0 Å². The predicted molar refractivity (Wildman–Crippen MR) is 119 cm³/mol. The van der Waals surface area contributed by atoms with E-state index >= 15 is 0 Å². The van der Waals surface area contributed by atoms with E-state index in [0.717, 1.165) is 43.8 Å². The number of anilines is 3. The molecule has 31 heavy (non-hydrogen) atoms. The first kappa shape index (κ1) is 22.5. The summed E-state index contributed by atoms with van der Waals surface area (Å²) in [7, 11) is 0. The van der Waals surface area contributed by atoms with Crippen molar-refractivity contribution in [3.8, 4) is 0 Å². The van der Waals surface area contributed by atoms with Crippen LogP contribution in [0.4, 0.5) is 30.6 Å².